The molecule has 2 aromatic heterocycles. The molecule has 1 atom stereocenters. The van der Waals surface area contributed by atoms with E-state index in [-0.39, 0.29) is 11.8 Å². The van der Waals surface area contributed by atoms with E-state index in [9.17, 15) is 4.79 Å². The third kappa shape index (κ3) is 3.24. The number of thiophene rings is 1. The lowest BCUT2D eigenvalue weighted by atomic mass is 10.2. The Hall–Kier alpha value is -2.15. The van der Waals surface area contributed by atoms with Gasteiger partial charge in [0.15, 0.2) is 11.9 Å². The zero-order valence-corrected chi connectivity index (χ0v) is 12.1. The molecule has 20 heavy (non-hydrogen) atoms. The van der Waals surface area contributed by atoms with Gasteiger partial charge in [-0.25, -0.2) is 0 Å². The van der Waals surface area contributed by atoms with Crippen LogP contribution in [0.5, 0.6) is 17.8 Å². The van der Waals surface area contributed by atoms with Gasteiger partial charge in [0.25, 0.3) is 0 Å². The Morgan fingerprint density at radius 2 is 1.90 bits per heavy atom. The summed E-state index contributed by atoms with van der Waals surface area (Å²) >= 11 is 1.43. The summed E-state index contributed by atoms with van der Waals surface area (Å²) in [6, 6.07) is 5.25. The van der Waals surface area contributed by atoms with Crippen molar-refractivity contribution in [1.29, 1.82) is 0 Å². The average molecular weight is 294 g/mol. The van der Waals surface area contributed by atoms with Gasteiger partial charge in [-0.2, -0.15) is 9.97 Å². The fourth-order valence-corrected chi connectivity index (χ4v) is 2.34. The van der Waals surface area contributed by atoms with E-state index in [1.807, 2.05) is 17.5 Å². The normalized spacial score (nSPS) is 11.8. The first-order chi connectivity index (χ1) is 9.63. The Bertz CT molecular complexity index is 564. The van der Waals surface area contributed by atoms with Gasteiger partial charge in [0.05, 0.1) is 25.2 Å². The second-order valence-corrected chi connectivity index (χ2v) is 4.84. The molecule has 106 valence electrons. The third-order valence-corrected chi connectivity index (χ3v) is 3.39. The highest BCUT2D eigenvalue weighted by atomic mass is 32.1. The molecular weight excluding hydrogens is 280 g/mol. The van der Waals surface area contributed by atoms with Gasteiger partial charge >= 0.3 is 6.01 Å². The highest BCUT2D eigenvalue weighted by molar-refractivity contribution is 7.10. The summed E-state index contributed by atoms with van der Waals surface area (Å²) in [6.45, 7) is 1.46. The first kappa shape index (κ1) is 14.3. The van der Waals surface area contributed by atoms with Crippen molar-refractivity contribution in [2.45, 2.75) is 13.0 Å². The quantitative estimate of drug-likeness (QED) is 0.814. The summed E-state index contributed by atoms with van der Waals surface area (Å²) in [5.41, 5.74) is 0. The standard InChI is InChI=1S/C13H14N2O4S/c1-8(16)12(9-5-4-6-20-9)19-13-14-10(17-2)7-11(15-13)18-3/h4-7,12H,1-3H3. The number of carbonyl (C=O) groups excluding carboxylic acids is 1. The SMILES string of the molecule is COc1cc(OC)nc(OC(C(C)=O)c2cccs2)n1. The van der Waals surface area contributed by atoms with Crippen LogP contribution in [-0.4, -0.2) is 30.0 Å². The number of rotatable bonds is 6. The van der Waals surface area contributed by atoms with Crippen molar-refractivity contribution >= 4 is 17.1 Å². The molecule has 0 radical (unpaired) electrons. The molecule has 0 aromatic carbocycles. The second kappa shape index (κ2) is 6.33. The Balaban J connectivity index is 2.29. The van der Waals surface area contributed by atoms with Gasteiger partial charge in [-0.05, 0) is 18.4 Å². The van der Waals surface area contributed by atoms with Crippen molar-refractivity contribution in [3.63, 3.8) is 0 Å². The summed E-state index contributed by atoms with van der Waals surface area (Å²) in [4.78, 5) is 20.6. The lowest BCUT2D eigenvalue weighted by molar-refractivity contribution is -0.124. The monoisotopic (exact) mass is 294 g/mol. The fraction of sp³-hybridized carbons (Fsp3) is 0.308. The highest BCUT2D eigenvalue weighted by Crippen LogP contribution is 2.27. The second-order valence-electron chi connectivity index (χ2n) is 3.86. The van der Waals surface area contributed by atoms with E-state index in [2.05, 4.69) is 9.97 Å². The molecule has 0 amide bonds. The molecule has 0 saturated carbocycles. The van der Waals surface area contributed by atoms with Crippen LogP contribution in [0, 0.1) is 0 Å². The zero-order valence-electron chi connectivity index (χ0n) is 11.3. The predicted molar refractivity (Wildman–Crippen MR) is 73.5 cm³/mol. The van der Waals surface area contributed by atoms with Gasteiger partial charge in [-0.15, -0.1) is 11.3 Å². The van der Waals surface area contributed by atoms with Crippen LogP contribution in [0.25, 0.3) is 0 Å². The van der Waals surface area contributed by atoms with Gasteiger partial charge in [0, 0.05) is 0 Å². The number of aromatic nitrogens is 2. The van der Waals surface area contributed by atoms with Crippen LogP contribution in [0.4, 0.5) is 0 Å². The predicted octanol–water partition coefficient (Wildman–Crippen LogP) is 2.26. The average Bonchev–Trinajstić information content (AvgIpc) is 2.97. The van der Waals surface area contributed by atoms with E-state index in [0.29, 0.717) is 11.8 Å². The number of ketones is 1. The number of ether oxygens (including phenoxy) is 3. The molecule has 0 N–H and O–H groups in total. The van der Waals surface area contributed by atoms with Crippen molar-refractivity contribution in [3.8, 4) is 17.8 Å². The summed E-state index contributed by atoms with van der Waals surface area (Å²) in [6.07, 6.45) is -0.730. The third-order valence-electron chi connectivity index (χ3n) is 2.47. The van der Waals surface area contributed by atoms with Crippen molar-refractivity contribution in [1.82, 2.24) is 9.97 Å². The van der Waals surface area contributed by atoms with E-state index in [1.165, 1.54) is 38.5 Å². The molecular formula is C13H14N2O4S. The molecule has 6 nitrogen and oxygen atoms in total. The largest absolute Gasteiger partial charge is 0.481 e. The Kier molecular flexibility index (Phi) is 4.52. The lowest BCUT2D eigenvalue weighted by Gasteiger charge is -2.14. The van der Waals surface area contributed by atoms with Crippen LogP contribution in [0.1, 0.15) is 17.9 Å². The molecule has 0 aliphatic rings. The zero-order chi connectivity index (χ0) is 14.5. The lowest BCUT2D eigenvalue weighted by Crippen LogP contribution is -2.16. The molecule has 0 aliphatic heterocycles. The van der Waals surface area contributed by atoms with E-state index in [0.717, 1.165) is 4.88 Å². The summed E-state index contributed by atoms with van der Waals surface area (Å²) in [5, 5.41) is 1.88. The van der Waals surface area contributed by atoms with Crippen LogP contribution in [0.15, 0.2) is 23.6 Å². The Morgan fingerprint density at radius 3 is 2.35 bits per heavy atom. The first-order valence-electron chi connectivity index (χ1n) is 5.81. The topological polar surface area (TPSA) is 70.5 Å². The fourth-order valence-electron chi connectivity index (χ4n) is 1.53. The summed E-state index contributed by atoms with van der Waals surface area (Å²) in [7, 11) is 2.96. The van der Waals surface area contributed by atoms with Crippen molar-refractivity contribution < 1.29 is 19.0 Å². The number of hydrogen-bond acceptors (Lipinski definition) is 7. The van der Waals surface area contributed by atoms with E-state index in [4.69, 9.17) is 14.2 Å². The van der Waals surface area contributed by atoms with E-state index in [1.54, 1.807) is 0 Å². The van der Waals surface area contributed by atoms with E-state index >= 15 is 0 Å². The molecule has 7 heteroatoms. The van der Waals surface area contributed by atoms with Crippen LogP contribution in [0.2, 0.25) is 0 Å². The number of methoxy groups -OCH3 is 2. The van der Waals surface area contributed by atoms with Crippen LogP contribution in [0.3, 0.4) is 0 Å². The molecule has 2 rings (SSSR count). The number of carbonyl (C=O) groups is 1. The minimum absolute atomic E-state index is 0.0369. The van der Waals surface area contributed by atoms with Crippen LogP contribution >= 0.6 is 11.3 Å². The summed E-state index contributed by atoms with van der Waals surface area (Å²) < 4.78 is 15.7. The number of Topliss-reactive ketones (excluding diaryl/α,β-unsaturated/α-hetero) is 1. The van der Waals surface area contributed by atoms with Gasteiger partial charge in [-0.3, -0.25) is 4.79 Å². The van der Waals surface area contributed by atoms with Crippen molar-refractivity contribution in [2.24, 2.45) is 0 Å². The first-order valence-corrected chi connectivity index (χ1v) is 6.69. The molecule has 0 spiro atoms. The maximum absolute atomic E-state index is 11.7. The Morgan fingerprint density at radius 1 is 1.25 bits per heavy atom. The van der Waals surface area contributed by atoms with Gasteiger partial charge in [0.2, 0.25) is 11.8 Å². The minimum atomic E-state index is -0.730. The smallest absolute Gasteiger partial charge is 0.324 e. The number of hydrogen-bond donors (Lipinski definition) is 0. The molecule has 2 heterocycles. The van der Waals surface area contributed by atoms with Crippen LogP contribution in [-0.2, 0) is 4.79 Å². The number of nitrogens with zero attached hydrogens (tertiary/aromatic N) is 2. The van der Waals surface area contributed by atoms with Gasteiger partial charge < -0.3 is 14.2 Å². The molecule has 0 aliphatic carbocycles. The van der Waals surface area contributed by atoms with E-state index < -0.39 is 6.10 Å². The van der Waals surface area contributed by atoms with Crippen LogP contribution < -0.4 is 14.2 Å². The molecule has 0 bridgehead atoms. The molecule has 1 unspecified atom stereocenters. The van der Waals surface area contributed by atoms with Gasteiger partial charge in [-0.1, -0.05) is 6.07 Å². The Labute approximate surface area is 120 Å². The molecule has 0 saturated heterocycles. The molecule has 2 aromatic rings. The highest BCUT2D eigenvalue weighted by Gasteiger charge is 2.22. The van der Waals surface area contributed by atoms with Crippen molar-refractivity contribution in [2.75, 3.05) is 14.2 Å². The maximum atomic E-state index is 11.7. The minimum Gasteiger partial charge on any atom is -0.481 e. The summed E-state index contributed by atoms with van der Waals surface area (Å²) in [5.74, 6) is 0.485. The van der Waals surface area contributed by atoms with Gasteiger partial charge in [0.1, 0.15) is 0 Å². The molecule has 0 fully saturated rings. The van der Waals surface area contributed by atoms with Crippen molar-refractivity contribution in [3.05, 3.63) is 28.5 Å². The maximum Gasteiger partial charge on any atom is 0.324 e.